The summed E-state index contributed by atoms with van der Waals surface area (Å²) in [4.78, 5) is 11.9. The Balaban J connectivity index is 2.06. The number of carbonyl (C=O) groups excluding carboxylic acids is 1. The van der Waals surface area contributed by atoms with Crippen LogP contribution in [0.5, 0.6) is 0 Å². The van der Waals surface area contributed by atoms with Crippen molar-refractivity contribution in [2.24, 2.45) is 0 Å². The lowest BCUT2D eigenvalue weighted by Crippen LogP contribution is -2.57. The van der Waals surface area contributed by atoms with Crippen LogP contribution in [0.1, 0.15) is 32.3 Å². The van der Waals surface area contributed by atoms with Crippen LogP contribution in [0.4, 0.5) is 4.39 Å². The van der Waals surface area contributed by atoms with Gasteiger partial charge in [0, 0.05) is 12.5 Å². The molecule has 1 aliphatic rings. The van der Waals surface area contributed by atoms with Crippen LogP contribution in [0.2, 0.25) is 0 Å². The monoisotopic (exact) mass is 251 g/mol. The third-order valence-corrected chi connectivity index (χ3v) is 2.90. The average molecular weight is 251 g/mol. The standard InChI is InChI=1S/C14H18FNO2/c1-14(2,3)18-13(17)12-11(8-16-12)9-5-4-6-10(15)7-9/h4-7,11-12,16H,8H2,1-3H3/t11-,12+/m0/s1. The molecule has 4 heteroatoms. The number of hydrogen-bond acceptors (Lipinski definition) is 3. The highest BCUT2D eigenvalue weighted by molar-refractivity contribution is 5.79. The summed E-state index contributed by atoms with van der Waals surface area (Å²) in [6, 6.07) is 6.01. The van der Waals surface area contributed by atoms with Gasteiger partial charge in [0.25, 0.3) is 0 Å². The zero-order valence-corrected chi connectivity index (χ0v) is 10.9. The highest BCUT2D eigenvalue weighted by Gasteiger charge is 2.39. The van der Waals surface area contributed by atoms with Crippen molar-refractivity contribution < 1.29 is 13.9 Å². The van der Waals surface area contributed by atoms with Gasteiger partial charge in [0.05, 0.1) is 0 Å². The molecule has 1 aliphatic heterocycles. The van der Waals surface area contributed by atoms with Crippen LogP contribution < -0.4 is 5.32 Å². The second-order valence-electron chi connectivity index (χ2n) is 5.58. The Morgan fingerprint density at radius 1 is 1.44 bits per heavy atom. The van der Waals surface area contributed by atoms with Gasteiger partial charge in [-0.25, -0.2) is 4.39 Å². The Bertz CT molecular complexity index is 453. The zero-order valence-electron chi connectivity index (χ0n) is 10.9. The summed E-state index contributed by atoms with van der Waals surface area (Å²) in [7, 11) is 0. The van der Waals surface area contributed by atoms with Gasteiger partial charge in [-0.15, -0.1) is 0 Å². The van der Waals surface area contributed by atoms with E-state index in [4.69, 9.17) is 4.74 Å². The van der Waals surface area contributed by atoms with E-state index in [1.807, 2.05) is 26.8 Å². The fourth-order valence-corrected chi connectivity index (χ4v) is 2.01. The number of halogens is 1. The topological polar surface area (TPSA) is 38.3 Å². The molecule has 1 N–H and O–H groups in total. The van der Waals surface area contributed by atoms with Crippen molar-refractivity contribution in [1.82, 2.24) is 5.32 Å². The molecule has 1 heterocycles. The largest absolute Gasteiger partial charge is 0.459 e. The van der Waals surface area contributed by atoms with Gasteiger partial charge in [-0.3, -0.25) is 4.79 Å². The van der Waals surface area contributed by atoms with E-state index in [1.54, 1.807) is 6.07 Å². The first-order chi connectivity index (χ1) is 8.37. The van der Waals surface area contributed by atoms with Crippen LogP contribution in [-0.4, -0.2) is 24.2 Å². The van der Waals surface area contributed by atoms with E-state index in [-0.39, 0.29) is 23.7 Å². The number of rotatable bonds is 2. The van der Waals surface area contributed by atoms with E-state index in [1.165, 1.54) is 12.1 Å². The van der Waals surface area contributed by atoms with Crippen molar-refractivity contribution in [3.05, 3.63) is 35.6 Å². The fourth-order valence-electron chi connectivity index (χ4n) is 2.01. The normalized spacial score (nSPS) is 23.3. The first-order valence-electron chi connectivity index (χ1n) is 6.08. The molecule has 1 fully saturated rings. The van der Waals surface area contributed by atoms with Gasteiger partial charge in [0.1, 0.15) is 17.5 Å². The molecule has 2 atom stereocenters. The Morgan fingerprint density at radius 3 is 2.67 bits per heavy atom. The van der Waals surface area contributed by atoms with Crippen LogP contribution in [0.25, 0.3) is 0 Å². The van der Waals surface area contributed by atoms with Crippen LogP contribution in [0.15, 0.2) is 24.3 Å². The van der Waals surface area contributed by atoms with Crippen LogP contribution in [0.3, 0.4) is 0 Å². The van der Waals surface area contributed by atoms with Gasteiger partial charge in [0.15, 0.2) is 0 Å². The van der Waals surface area contributed by atoms with E-state index in [9.17, 15) is 9.18 Å². The first-order valence-corrected chi connectivity index (χ1v) is 6.08. The Hall–Kier alpha value is -1.42. The van der Waals surface area contributed by atoms with Crippen molar-refractivity contribution in [3.8, 4) is 0 Å². The summed E-state index contributed by atoms with van der Waals surface area (Å²) in [5.41, 5.74) is 0.338. The van der Waals surface area contributed by atoms with Gasteiger partial charge in [-0.2, -0.15) is 0 Å². The van der Waals surface area contributed by atoms with Crippen molar-refractivity contribution in [3.63, 3.8) is 0 Å². The van der Waals surface area contributed by atoms with Gasteiger partial charge in [-0.05, 0) is 38.5 Å². The molecular weight excluding hydrogens is 233 g/mol. The van der Waals surface area contributed by atoms with Crippen LogP contribution in [-0.2, 0) is 9.53 Å². The molecule has 0 aromatic heterocycles. The molecule has 1 aromatic carbocycles. The lowest BCUT2D eigenvalue weighted by Gasteiger charge is -2.38. The van der Waals surface area contributed by atoms with Crippen molar-refractivity contribution in [2.45, 2.75) is 38.3 Å². The lowest BCUT2D eigenvalue weighted by molar-refractivity contribution is -0.160. The highest BCUT2D eigenvalue weighted by Crippen LogP contribution is 2.28. The number of benzene rings is 1. The summed E-state index contributed by atoms with van der Waals surface area (Å²) in [6.45, 7) is 6.18. The number of esters is 1. The minimum atomic E-state index is -0.499. The molecule has 0 spiro atoms. The summed E-state index contributed by atoms with van der Waals surface area (Å²) in [5, 5.41) is 3.04. The maximum absolute atomic E-state index is 13.2. The zero-order chi connectivity index (χ0) is 13.3. The van der Waals surface area contributed by atoms with E-state index in [0.29, 0.717) is 6.54 Å². The maximum atomic E-state index is 13.2. The minimum absolute atomic E-state index is 0.00412. The molecule has 18 heavy (non-hydrogen) atoms. The molecule has 0 bridgehead atoms. The van der Waals surface area contributed by atoms with Crippen molar-refractivity contribution >= 4 is 5.97 Å². The van der Waals surface area contributed by atoms with Gasteiger partial charge >= 0.3 is 5.97 Å². The van der Waals surface area contributed by atoms with Crippen LogP contribution in [0, 0.1) is 5.82 Å². The molecule has 2 rings (SSSR count). The molecule has 0 amide bonds. The Labute approximate surface area is 106 Å². The molecule has 98 valence electrons. The summed E-state index contributed by atoms with van der Waals surface area (Å²) < 4.78 is 18.5. The van der Waals surface area contributed by atoms with E-state index < -0.39 is 5.60 Å². The number of carbonyl (C=O) groups is 1. The smallest absolute Gasteiger partial charge is 0.324 e. The van der Waals surface area contributed by atoms with Crippen LogP contribution >= 0.6 is 0 Å². The number of hydrogen-bond donors (Lipinski definition) is 1. The molecule has 1 aromatic rings. The lowest BCUT2D eigenvalue weighted by atomic mass is 9.85. The molecule has 0 aliphatic carbocycles. The molecule has 0 unspecified atom stereocenters. The predicted octanol–water partition coefficient (Wildman–Crippen LogP) is 2.22. The third kappa shape index (κ3) is 2.88. The molecule has 3 nitrogen and oxygen atoms in total. The molecule has 0 saturated carbocycles. The average Bonchev–Trinajstić information content (AvgIpc) is 2.12. The predicted molar refractivity (Wildman–Crippen MR) is 66.8 cm³/mol. The van der Waals surface area contributed by atoms with E-state index in [0.717, 1.165) is 5.56 Å². The Kier molecular flexibility index (Phi) is 3.39. The maximum Gasteiger partial charge on any atom is 0.324 e. The van der Waals surface area contributed by atoms with Gasteiger partial charge in [0.2, 0.25) is 0 Å². The quantitative estimate of drug-likeness (QED) is 0.819. The van der Waals surface area contributed by atoms with Crippen molar-refractivity contribution in [2.75, 3.05) is 6.54 Å². The highest BCUT2D eigenvalue weighted by atomic mass is 19.1. The summed E-state index contributed by atoms with van der Waals surface area (Å²) in [5.74, 6) is -0.555. The SMILES string of the molecule is CC(C)(C)OC(=O)[C@@H]1NC[C@H]1c1cccc(F)c1. The minimum Gasteiger partial charge on any atom is -0.459 e. The van der Waals surface area contributed by atoms with E-state index in [2.05, 4.69) is 5.32 Å². The van der Waals surface area contributed by atoms with Gasteiger partial charge < -0.3 is 10.1 Å². The third-order valence-electron chi connectivity index (χ3n) is 2.90. The molecule has 0 radical (unpaired) electrons. The van der Waals surface area contributed by atoms with Crippen molar-refractivity contribution in [1.29, 1.82) is 0 Å². The van der Waals surface area contributed by atoms with Gasteiger partial charge in [-0.1, -0.05) is 12.1 Å². The fraction of sp³-hybridized carbons (Fsp3) is 0.500. The summed E-state index contributed by atoms with van der Waals surface area (Å²) >= 11 is 0. The Morgan fingerprint density at radius 2 is 2.17 bits per heavy atom. The number of nitrogens with one attached hydrogen (secondary N) is 1. The molecular formula is C14H18FNO2. The van der Waals surface area contributed by atoms with E-state index >= 15 is 0 Å². The second kappa shape index (κ2) is 4.69. The second-order valence-corrected chi connectivity index (χ2v) is 5.58. The first kappa shape index (κ1) is 13.0. The number of ether oxygens (including phenoxy) is 1. The summed E-state index contributed by atoms with van der Waals surface area (Å²) in [6.07, 6.45) is 0. The molecule has 1 saturated heterocycles.